The molecule has 7 nitrogen and oxygen atoms in total. The van der Waals surface area contributed by atoms with Crippen LogP contribution in [0.25, 0.3) is 0 Å². The van der Waals surface area contributed by atoms with E-state index in [0.29, 0.717) is 18.4 Å². The van der Waals surface area contributed by atoms with Gasteiger partial charge in [-0.25, -0.2) is 4.79 Å². The minimum atomic E-state index is -0.708. The summed E-state index contributed by atoms with van der Waals surface area (Å²) in [6, 6.07) is 5.64. The number of carbonyl (C=O) groups is 2. The Bertz CT molecular complexity index is 911. The summed E-state index contributed by atoms with van der Waals surface area (Å²) in [5.74, 6) is 0.204. The van der Waals surface area contributed by atoms with Gasteiger partial charge >= 0.3 is 5.97 Å². The molecule has 30 heavy (non-hydrogen) atoms. The summed E-state index contributed by atoms with van der Waals surface area (Å²) >= 11 is 0. The number of fused-ring (bicyclic) bond motifs is 4. The lowest BCUT2D eigenvalue weighted by molar-refractivity contribution is -0.137. The Kier molecular flexibility index (Phi) is 5.32. The third-order valence-electron chi connectivity index (χ3n) is 6.96. The molecule has 0 unspecified atom stereocenters. The molecule has 4 atom stereocenters. The predicted octanol–water partition coefficient (Wildman–Crippen LogP) is 2.48. The van der Waals surface area contributed by atoms with Gasteiger partial charge in [0, 0.05) is 29.8 Å². The SMILES string of the molecule is C=C[C@H]1CN2CC[C@@]3(C(=O)Nc4cccc(OC)c43)[C@@H]2C[C@@H]1C(=COC)C(=O)OC. The maximum atomic E-state index is 13.4. The number of hydrogen-bond donors (Lipinski definition) is 1. The van der Waals surface area contributed by atoms with Crippen molar-refractivity contribution < 1.29 is 23.8 Å². The van der Waals surface area contributed by atoms with Crippen molar-refractivity contribution in [3.8, 4) is 5.75 Å². The molecule has 2 saturated heterocycles. The smallest absolute Gasteiger partial charge is 0.337 e. The number of benzene rings is 1. The Labute approximate surface area is 176 Å². The highest BCUT2D eigenvalue weighted by molar-refractivity contribution is 6.08. The summed E-state index contributed by atoms with van der Waals surface area (Å²) in [6.07, 6.45) is 4.68. The number of anilines is 1. The molecule has 7 heteroatoms. The van der Waals surface area contributed by atoms with Gasteiger partial charge in [0.1, 0.15) is 5.75 Å². The quantitative estimate of drug-likeness (QED) is 0.347. The van der Waals surface area contributed by atoms with E-state index in [1.165, 1.54) is 20.5 Å². The molecule has 0 saturated carbocycles. The molecule has 0 radical (unpaired) electrons. The zero-order valence-electron chi connectivity index (χ0n) is 17.6. The van der Waals surface area contributed by atoms with E-state index in [4.69, 9.17) is 14.2 Å². The van der Waals surface area contributed by atoms with Crippen molar-refractivity contribution in [2.45, 2.75) is 24.3 Å². The van der Waals surface area contributed by atoms with E-state index < -0.39 is 11.4 Å². The second-order valence-electron chi connectivity index (χ2n) is 8.11. The van der Waals surface area contributed by atoms with Gasteiger partial charge in [0.2, 0.25) is 5.91 Å². The van der Waals surface area contributed by atoms with Gasteiger partial charge in [0.25, 0.3) is 0 Å². The fraction of sp³-hybridized carbons (Fsp3) is 0.478. The van der Waals surface area contributed by atoms with Crippen molar-refractivity contribution in [3.63, 3.8) is 0 Å². The Morgan fingerprint density at radius 2 is 2.13 bits per heavy atom. The van der Waals surface area contributed by atoms with E-state index in [-0.39, 0.29) is 23.8 Å². The van der Waals surface area contributed by atoms with Gasteiger partial charge in [-0.2, -0.15) is 0 Å². The number of amides is 1. The van der Waals surface area contributed by atoms with Gasteiger partial charge in [-0.1, -0.05) is 12.1 Å². The number of methoxy groups -OCH3 is 3. The lowest BCUT2D eigenvalue weighted by Crippen LogP contribution is -2.53. The summed E-state index contributed by atoms with van der Waals surface area (Å²) in [5, 5.41) is 3.07. The van der Waals surface area contributed by atoms with Crippen LogP contribution in [0.3, 0.4) is 0 Å². The topological polar surface area (TPSA) is 77.1 Å². The first kappa shape index (κ1) is 20.5. The molecule has 2 fully saturated rings. The van der Waals surface area contributed by atoms with Crippen LogP contribution < -0.4 is 10.1 Å². The second-order valence-corrected chi connectivity index (χ2v) is 8.11. The van der Waals surface area contributed by atoms with Crippen LogP contribution in [0.15, 0.2) is 42.7 Å². The van der Waals surface area contributed by atoms with Crippen LogP contribution >= 0.6 is 0 Å². The summed E-state index contributed by atoms with van der Waals surface area (Å²) in [6.45, 7) is 5.52. The molecule has 0 bridgehead atoms. The van der Waals surface area contributed by atoms with Crippen LogP contribution in [0.1, 0.15) is 18.4 Å². The fourth-order valence-corrected chi connectivity index (χ4v) is 5.63. The number of esters is 1. The van der Waals surface area contributed by atoms with Crippen molar-refractivity contribution in [2.75, 3.05) is 39.7 Å². The van der Waals surface area contributed by atoms with E-state index in [2.05, 4.69) is 16.8 Å². The van der Waals surface area contributed by atoms with Crippen molar-refractivity contribution >= 4 is 17.6 Å². The van der Waals surface area contributed by atoms with E-state index >= 15 is 0 Å². The average molecular weight is 412 g/mol. The zero-order chi connectivity index (χ0) is 21.5. The number of nitrogens with zero attached hydrogens (tertiary/aromatic N) is 1. The van der Waals surface area contributed by atoms with Crippen LogP contribution in [0.2, 0.25) is 0 Å². The van der Waals surface area contributed by atoms with Crippen LogP contribution in [0, 0.1) is 11.8 Å². The summed E-state index contributed by atoms with van der Waals surface area (Å²) in [5.41, 5.74) is 1.51. The minimum absolute atomic E-state index is 0.000595. The molecule has 1 aromatic rings. The Morgan fingerprint density at radius 3 is 2.80 bits per heavy atom. The van der Waals surface area contributed by atoms with Crippen molar-refractivity contribution in [3.05, 3.63) is 48.3 Å². The number of hydrogen-bond acceptors (Lipinski definition) is 6. The third-order valence-corrected chi connectivity index (χ3v) is 6.96. The molecule has 3 heterocycles. The number of nitrogens with one attached hydrogen (secondary N) is 1. The van der Waals surface area contributed by atoms with Gasteiger partial charge in [-0.15, -0.1) is 6.58 Å². The zero-order valence-corrected chi connectivity index (χ0v) is 17.6. The molecule has 1 spiro atoms. The highest BCUT2D eigenvalue weighted by Crippen LogP contribution is 2.55. The molecular formula is C23H28N2O5. The standard InChI is InChI=1S/C23H28N2O5/c1-5-14-12-25-10-9-23(19(25)11-15(14)16(13-28-2)21(26)30-4)20-17(24-22(23)27)7-6-8-18(20)29-3/h5-8,13-15,19H,1,9-12H2,2-4H3,(H,24,27)/t14-,15-,19-,23+/m0/s1. The lowest BCUT2D eigenvalue weighted by atomic mass is 9.67. The first-order valence-electron chi connectivity index (χ1n) is 10.2. The Hall–Kier alpha value is -2.80. The van der Waals surface area contributed by atoms with Gasteiger partial charge < -0.3 is 19.5 Å². The maximum Gasteiger partial charge on any atom is 0.337 e. The Balaban J connectivity index is 1.79. The van der Waals surface area contributed by atoms with Gasteiger partial charge in [-0.3, -0.25) is 9.69 Å². The highest BCUT2D eigenvalue weighted by Gasteiger charge is 2.61. The molecule has 0 aromatic heterocycles. The first-order chi connectivity index (χ1) is 14.5. The molecule has 1 amide bonds. The van der Waals surface area contributed by atoms with E-state index in [0.717, 1.165) is 30.1 Å². The van der Waals surface area contributed by atoms with E-state index in [1.807, 2.05) is 24.3 Å². The summed E-state index contributed by atoms with van der Waals surface area (Å²) < 4.78 is 15.9. The maximum absolute atomic E-state index is 13.4. The molecule has 160 valence electrons. The predicted molar refractivity (Wildman–Crippen MR) is 112 cm³/mol. The molecular weight excluding hydrogens is 384 g/mol. The third kappa shape index (κ3) is 2.83. The van der Waals surface area contributed by atoms with E-state index in [1.54, 1.807) is 7.11 Å². The van der Waals surface area contributed by atoms with Crippen molar-refractivity contribution in [1.82, 2.24) is 4.90 Å². The molecule has 4 rings (SSSR count). The molecule has 1 N–H and O–H groups in total. The normalized spacial score (nSPS) is 30.4. The average Bonchev–Trinajstić information content (AvgIpc) is 3.28. The molecule has 0 aliphatic carbocycles. The number of ether oxygens (including phenoxy) is 3. The summed E-state index contributed by atoms with van der Waals surface area (Å²) in [4.78, 5) is 28.2. The fourth-order valence-electron chi connectivity index (χ4n) is 5.63. The Morgan fingerprint density at radius 1 is 1.33 bits per heavy atom. The second kappa shape index (κ2) is 7.80. The number of piperidine rings is 1. The van der Waals surface area contributed by atoms with Gasteiger partial charge in [0.15, 0.2) is 0 Å². The van der Waals surface area contributed by atoms with Crippen LogP contribution in [-0.4, -0.2) is 57.2 Å². The molecule has 3 aliphatic heterocycles. The minimum Gasteiger partial charge on any atom is -0.504 e. The lowest BCUT2D eigenvalue weighted by Gasteiger charge is -2.44. The van der Waals surface area contributed by atoms with Crippen molar-refractivity contribution in [2.24, 2.45) is 11.8 Å². The van der Waals surface area contributed by atoms with Gasteiger partial charge in [0.05, 0.1) is 38.6 Å². The number of rotatable bonds is 5. The molecule has 1 aromatic carbocycles. The molecule has 3 aliphatic rings. The number of carbonyl (C=O) groups excluding carboxylic acids is 2. The monoisotopic (exact) mass is 412 g/mol. The van der Waals surface area contributed by atoms with Crippen LogP contribution in [-0.2, 0) is 24.5 Å². The van der Waals surface area contributed by atoms with Crippen molar-refractivity contribution in [1.29, 1.82) is 0 Å². The first-order valence-corrected chi connectivity index (χ1v) is 10.2. The van der Waals surface area contributed by atoms with Gasteiger partial charge in [-0.05, 0) is 37.4 Å². The summed E-state index contributed by atoms with van der Waals surface area (Å²) in [7, 11) is 4.52. The van der Waals surface area contributed by atoms with E-state index in [9.17, 15) is 9.59 Å². The van der Waals surface area contributed by atoms with Crippen LogP contribution in [0.4, 0.5) is 5.69 Å². The largest absolute Gasteiger partial charge is 0.504 e. The highest BCUT2D eigenvalue weighted by atomic mass is 16.5. The van der Waals surface area contributed by atoms with Crippen LogP contribution in [0.5, 0.6) is 5.75 Å².